The van der Waals surface area contributed by atoms with Gasteiger partial charge in [0.2, 0.25) is 5.91 Å². The molecule has 0 bridgehead atoms. The number of likely N-dealkylation sites (tertiary alicyclic amines) is 1. The zero-order valence-electron chi connectivity index (χ0n) is 20.2. The summed E-state index contributed by atoms with van der Waals surface area (Å²) in [5.41, 5.74) is 3.77. The number of carbonyl (C=O) groups is 1. The number of benzene rings is 1. The van der Waals surface area contributed by atoms with Crippen LogP contribution in [0.1, 0.15) is 55.7 Å². The number of nitrogens with one attached hydrogen (secondary N) is 1. The highest BCUT2D eigenvalue weighted by molar-refractivity contribution is 5.77. The summed E-state index contributed by atoms with van der Waals surface area (Å²) in [5, 5.41) is 3.52. The van der Waals surface area contributed by atoms with Crippen LogP contribution in [0.25, 0.3) is 0 Å². The molecule has 4 heterocycles. The lowest BCUT2D eigenvalue weighted by atomic mass is 10.0. The Morgan fingerprint density at radius 3 is 2.38 bits per heavy atom. The lowest BCUT2D eigenvalue weighted by Gasteiger charge is -2.41. The molecule has 0 aliphatic carbocycles. The van der Waals surface area contributed by atoms with E-state index >= 15 is 0 Å². The highest BCUT2D eigenvalue weighted by Crippen LogP contribution is 2.27. The molecule has 2 unspecified atom stereocenters. The van der Waals surface area contributed by atoms with Crippen LogP contribution in [0, 0.1) is 0 Å². The number of piperidine rings is 2. The number of aromatic nitrogens is 1. The van der Waals surface area contributed by atoms with Gasteiger partial charge in [0.25, 0.3) is 0 Å². The van der Waals surface area contributed by atoms with Crippen molar-refractivity contribution in [3.63, 3.8) is 0 Å². The van der Waals surface area contributed by atoms with E-state index in [0.717, 1.165) is 38.0 Å². The fourth-order valence-electron chi connectivity index (χ4n) is 5.35. The second-order valence-corrected chi connectivity index (χ2v) is 9.89. The summed E-state index contributed by atoms with van der Waals surface area (Å²) in [6, 6.07) is 13.0. The van der Waals surface area contributed by atoms with Crippen LogP contribution in [0.5, 0.6) is 0 Å². The molecule has 0 radical (unpaired) electrons. The maximum atomic E-state index is 12.6. The van der Waals surface area contributed by atoms with Crippen molar-refractivity contribution in [3.8, 4) is 0 Å². The Labute approximate surface area is 203 Å². The smallest absolute Gasteiger partial charge is 0.227 e. The number of pyridine rings is 1. The monoisotopic (exact) mass is 463 g/mol. The highest BCUT2D eigenvalue weighted by atomic mass is 16.5. The number of hydrogen-bond acceptors (Lipinski definition) is 6. The maximum absolute atomic E-state index is 12.6. The first-order chi connectivity index (χ1) is 16.7. The van der Waals surface area contributed by atoms with Crippen LogP contribution in [0.3, 0.4) is 0 Å². The van der Waals surface area contributed by atoms with E-state index < -0.39 is 6.35 Å². The predicted octanol–water partition coefficient (Wildman–Crippen LogP) is 3.53. The summed E-state index contributed by atoms with van der Waals surface area (Å²) in [4.78, 5) is 23.4. The first-order valence-corrected chi connectivity index (χ1v) is 12.8. The van der Waals surface area contributed by atoms with Gasteiger partial charge in [-0.05, 0) is 74.2 Å². The molecule has 34 heavy (non-hydrogen) atoms. The largest absolute Gasteiger partial charge is 0.371 e. The van der Waals surface area contributed by atoms with Crippen LogP contribution in [0.4, 0.5) is 5.69 Å². The molecule has 7 heteroatoms. The molecule has 2 atom stereocenters. The zero-order chi connectivity index (χ0) is 23.3. The molecule has 0 saturated carbocycles. The van der Waals surface area contributed by atoms with E-state index in [9.17, 15) is 4.79 Å². The third-order valence-electron chi connectivity index (χ3n) is 7.50. The van der Waals surface area contributed by atoms with Gasteiger partial charge in [-0.3, -0.25) is 20.0 Å². The molecule has 3 fully saturated rings. The van der Waals surface area contributed by atoms with E-state index in [2.05, 4.69) is 44.4 Å². The van der Waals surface area contributed by atoms with Crippen molar-refractivity contribution < 1.29 is 9.53 Å². The van der Waals surface area contributed by atoms with Crippen molar-refractivity contribution in [1.29, 1.82) is 0 Å². The Balaban J connectivity index is 1.12. The van der Waals surface area contributed by atoms with E-state index in [0.29, 0.717) is 6.42 Å². The van der Waals surface area contributed by atoms with Gasteiger partial charge in [0.05, 0.1) is 6.10 Å². The van der Waals surface area contributed by atoms with Gasteiger partial charge in [-0.25, -0.2) is 0 Å². The predicted molar refractivity (Wildman–Crippen MR) is 133 cm³/mol. The van der Waals surface area contributed by atoms with Gasteiger partial charge in [-0.15, -0.1) is 0 Å². The number of hydrogen-bond donors (Lipinski definition) is 1. The van der Waals surface area contributed by atoms with Crippen LogP contribution < -0.4 is 10.2 Å². The fraction of sp³-hybridized carbons (Fsp3) is 0.556. The van der Waals surface area contributed by atoms with Gasteiger partial charge in [0.15, 0.2) is 6.35 Å². The second kappa shape index (κ2) is 10.8. The minimum Gasteiger partial charge on any atom is -0.371 e. The number of nitrogens with zero attached hydrogens (tertiary/aromatic N) is 4. The lowest BCUT2D eigenvalue weighted by Crippen LogP contribution is -2.56. The molecule has 5 rings (SSSR count). The van der Waals surface area contributed by atoms with Crippen LogP contribution >= 0.6 is 0 Å². The second-order valence-electron chi connectivity index (χ2n) is 9.89. The molecule has 1 N–H and O–H groups in total. The average Bonchev–Trinajstić information content (AvgIpc) is 2.89. The fourth-order valence-corrected chi connectivity index (χ4v) is 5.35. The van der Waals surface area contributed by atoms with E-state index in [-0.39, 0.29) is 18.1 Å². The van der Waals surface area contributed by atoms with Gasteiger partial charge in [0.1, 0.15) is 0 Å². The normalized spacial score (nSPS) is 25.0. The van der Waals surface area contributed by atoms with Crippen molar-refractivity contribution in [2.24, 2.45) is 0 Å². The minimum absolute atomic E-state index is 0.0414. The molecule has 3 aliphatic rings. The van der Waals surface area contributed by atoms with Crippen LogP contribution in [0.2, 0.25) is 0 Å². The van der Waals surface area contributed by atoms with E-state index in [1.807, 2.05) is 19.2 Å². The number of carbonyl (C=O) groups excluding carboxylic acids is 1. The third kappa shape index (κ3) is 5.59. The molecule has 182 valence electrons. The van der Waals surface area contributed by atoms with Crippen LogP contribution in [0.15, 0.2) is 48.8 Å². The number of anilines is 1. The number of ether oxygens (including phenoxy) is 1. The summed E-state index contributed by atoms with van der Waals surface area (Å²) in [5.74, 6) is 0.104. The Morgan fingerprint density at radius 1 is 0.971 bits per heavy atom. The summed E-state index contributed by atoms with van der Waals surface area (Å²) in [6.07, 6.45) is 9.67. The summed E-state index contributed by atoms with van der Waals surface area (Å²) >= 11 is 0. The van der Waals surface area contributed by atoms with Gasteiger partial charge in [-0.1, -0.05) is 18.6 Å². The minimum atomic E-state index is -0.398. The molecule has 1 amide bonds. The molecule has 0 spiro atoms. The molecule has 3 aliphatic heterocycles. The first-order valence-electron chi connectivity index (χ1n) is 12.8. The summed E-state index contributed by atoms with van der Waals surface area (Å²) in [6.45, 7) is 5.46. The number of amides is 1. The molecule has 3 saturated heterocycles. The Morgan fingerprint density at radius 2 is 1.68 bits per heavy atom. The SMILES string of the molecule is CN1C(=O)CC(c2ccncc2)NC1OC1CCN(c2ccc(CN3CCCCC3)cc2)CC1. The first kappa shape index (κ1) is 23.3. The van der Waals surface area contributed by atoms with Crippen molar-refractivity contribution in [1.82, 2.24) is 20.1 Å². The van der Waals surface area contributed by atoms with Crippen molar-refractivity contribution in [3.05, 3.63) is 59.9 Å². The Bertz CT molecular complexity index is 924. The topological polar surface area (TPSA) is 60.9 Å². The quantitative estimate of drug-likeness (QED) is 0.707. The van der Waals surface area contributed by atoms with Crippen molar-refractivity contribution >= 4 is 11.6 Å². The standard InChI is InChI=1S/C27H37N5O2/c1-30-26(33)19-25(22-9-13-28-14-10-22)29-27(30)34-24-11-17-32(18-12-24)23-7-5-21(6-8-23)20-31-15-3-2-4-16-31/h5-10,13-14,24-25,27,29H,2-4,11-12,15-20H2,1H3. The van der Waals surface area contributed by atoms with Crippen LogP contribution in [-0.4, -0.2) is 66.4 Å². The maximum Gasteiger partial charge on any atom is 0.227 e. The van der Waals surface area contributed by atoms with Crippen LogP contribution in [-0.2, 0) is 16.1 Å². The van der Waals surface area contributed by atoms with Crippen molar-refractivity contribution in [2.45, 2.75) is 63.6 Å². The van der Waals surface area contributed by atoms with Crippen molar-refractivity contribution in [2.75, 3.05) is 38.1 Å². The number of rotatable bonds is 6. The zero-order valence-corrected chi connectivity index (χ0v) is 20.2. The van der Waals surface area contributed by atoms with E-state index in [1.54, 1.807) is 17.3 Å². The Kier molecular flexibility index (Phi) is 7.42. The summed E-state index contributed by atoms with van der Waals surface area (Å²) < 4.78 is 6.40. The average molecular weight is 464 g/mol. The van der Waals surface area contributed by atoms with Gasteiger partial charge < -0.3 is 14.5 Å². The molecular weight excluding hydrogens is 426 g/mol. The van der Waals surface area contributed by atoms with E-state index in [4.69, 9.17) is 4.74 Å². The van der Waals surface area contributed by atoms with Gasteiger partial charge in [-0.2, -0.15) is 0 Å². The van der Waals surface area contributed by atoms with Gasteiger partial charge in [0, 0.05) is 57.2 Å². The molecule has 7 nitrogen and oxygen atoms in total. The lowest BCUT2D eigenvalue weighted by molar-refractivity contribution is -0.167. The highest BCUT2D eigenvalue weighted by Gasteiger charge is 2.34. The molecule has 2 aromatic rings. The Hall–Kier alpha value is -2.48. The summed E-state index contributed by atoms with van der Waals surface area (Å²) in [7, 11) is 1.82. The molecule has 1 aromatic heterocycles. The molecular formula is C27H37N5O2. The van der Waals surface area contributed by atoms with E-state index in [1.165, 1.54) is 43.6 Å². The third-order valence-corrected chi connectivity index (χ3v) is 7.50. The molecule has 1 aromatic carbocycles. The van der Waals surface area contributed by atoms with Gasteiger partial charge >= 0.3 is 0 Å².